The SMILES string of the molecule is NC(=O)[C@@H]1Cc2ccccc2N1C(=O)Cc1ccco1. The van der Waals surface area contributed by atoms with Gasteiger partial charge in [0.15, 0.2) is 0 Å². The smallest absolute Gasteiger partial charge is 0.240 e. The average Bonchev–Trinajstić information content (AvgIpc) is 3.04. The summed E-state index contributed by atoms with van der Waals surface area (Å²) in [6.45, 7) is 0. The van der Waals surface area contributed by atoms with Crippen molar-refractivity contribution in [3.8, 4) is 0 Å². The van der Waals surface area contributed by atoms with Gasteiger partial charge in [0.2, 0.25) is 11.8 Å². The second-order valence-corrected chi connectivity index (χ2v) is 4.77. The maximum atomic E-state index is 12.4. The van der Waals surface area contributed by atoms with Crippen LogP contribution in [0.3, 0.4) is 0 Å². The van der Waals surface area contributed by atoms with E-state index in [1.165, 1.54) is 11.2 Å². The molecule has 0 bridgehead atoms. The van der Waals surface area contributed by atoms with Gasteiger partial charge in [0, 0.05) is 12.1 Å². The molecule has 102 valence electrons. The molecule has 0 radical (unpaired) electrons. The first-order chi connectivity index (χ1) is 9.66. The number of amides is 2. The van der Waals surface area contributed by atoms with Gasteiger partial charge in [0.05, 0.1) is 12.7 Å². The number of carbonyl (C=O) groups is 2. The van der Waals surface area contributed by atoms with Gasteiger partial charge in [-0.1, -0.05) is 18.2 Å². The summed E-state index contributed by atoms with van der Waals surface area (Å²) < 4.78 is 5.18. The van der Waals surface area contributed by atoms with Crippen LogP contribution in [0.15, 0.2) is 47.1 Å². The van der Waals surface area contributed by atoms with Crippen LogP contribution in [-0.2, 0) is 22.4 Å². The van der Waals surface area contributed by atoms with Crippen LogP contribution in [0.4, 0.5) is 5.69 Å². The summed E-state index contributed by atoms with van der Waals surface area (Å²) in [5, 5.41) is 0. The van der Waals surface area contributed by atoms with E-state index in [9.17, 15) is 9.59 Å². The number of hydrogen-bond donors (Lipinski definition) is 1. The largest absolute Gasteiger partial charge is 0.469 e. The predicted molar refractivity (Wildman–Crippen MR) is 73.0 cm³/mol. The van der Waals surface area contributed by atoms with Crippen molar-refractivity contribution in [1.29, 1.82) is 0 Å². The number of fused-ring (bicyclic) bond motifs is 1. The molecule has 0 aliphatic carbocycles. The fourth-order valence-electron chi connectivity index (χ4n) is 2.57. The summed E-state index contributed by atoms with van der Waals surface area (Å²) in [5.74, 6) is -0.106. The summed E-state index contributed by atoms with van der Waals surface area (Å²) >= 11 is 0. The van der Waals surface area contributed by atoms with Crippen molar-refractivity contribution in [2.45, 2.75) is 18.9 Å². The molecule has 1 atom stereocenters. The summed E-state index contributed by atoms with van der Waals surface area (Å²) in [5.41, 5.74) is 7.14. The van der Waals surface area contributed by atoms with Crippen molar-refractivity contribution in [1.82, 2.24) is 0 Å². The molecule has 2 aromatic rings. The van der Waals surface area contributed by atoms with Gasteiger partial charge in [-0.2, -0.15) is 0 Å². The zero-order chi connectivity index (χ0) is 14.1. The number of rotatable bonds is 3. The summed E-state index contributed by atoms with van der Waals surface area (Å²) in [7, 11) is 0. The zero-order valence-corrected chi connectivity index (χ0v) is 10.8. The first kappa shape index (κ1) is 12.5. The molecular formula is C15H14N2O3. The van der Waals surface area contributed by atoms with Crippen molar-refractivity contribution in [3.05, 3.63) is 54.0 Å². The van der Waals surface area contributed by atoms with Crippen LogP contribution >= 0.6 is 0 Å². The van der Waals surface area contributed by atoms with Crippen LogP contribution in [0.1, 0.15) is 11.3 Å². The molecule has 0 fully saturated rings. The Labute approximate surface area is 116 Å². The number of carbonyl (C=O) groups excluding carboxylic acids is 2. The fraction of sp³-hybridized carbons (Fsp3) is 0.200. The van der Waals surface area contributed by atoms with E-state index >= 15 is 0 Å². The van der Waals surface area contributed by atoms with Gasteiger partial charge in [-0.25, -0.2) is 0 Å². The highest BCUT2D eigenvalue weighted by atomic mass is 16.3. The second kappa shape index (κ2) is 4.85. The molecule has 2 heterocycles. The molecule has 0 saturated carbocycles. The van der Waals surface area contributed by atoms with E-state index in [0.717, 1.165) is 11.3 Å². The van der Waals surface area contributed by atoms with E-state index in [-0.39, 0.29) is 12.3 Å². The zero-order valence-electron chi connectivity index (χ0n) is 10.8. The summed E-state index contributed by atoms with van der Waals surface area (Å²) in [6.07, 6.45) is 2.10. The van der Waals surface area contributed by atoms with Gasteiger partial charge in [-0.05, 0) is 23.8 Å². The minimum absolute atomic E-state index is 0.116. The summed E-state index contributed by atoms with van der Waals surface area (Å²) in [4.78, 5) is 25.5. The highest BCUT2D eigenvalue weighted by Crippen LogP contribution is 2.32. The second-order valence-electron chi connectivity index (χ2n) is 4.77. The molecule has 1 aromatic carbocycles. The van der Waals surface area contributed by atoms with E-state index in [1.54, 1.807) is 12.1 Å². The maximum Gasteiger partial charge on any atom is 0.240 e. The van der Waals surface area contributed by atoms with Crippen LogP contribution in [-0.4, -0.2) is 17.9 Å². The first-order valence-electron chi connectivity index (χ1n) is 6.38. The lowest BCUT2D eigenvalue weighted by Crippen LogP contribution is -2.46. The Morgan fingerprint density at radius 3 is 2.75 bits per heavy atom. The number of nitrogens with two attached hydrogens (primary N) is 1. The lowest BCUT2D eigenvalue weighted by Gasteiger charge is -2.22. The van der Waals surface area contributed by atoms with Gasteiger partial charge in [-0.3, -0.25) is 14.5 Å². The number of primary amides is 1. The van der Waals surface area contributed by atoms with Gasteiger partial charge >= 0.3 is 0 Å². The minimum Gasteiger partial charge on any atom is -0.469 e. The number of para-hydroxylation sites is 1. The number of anilines is 1. The molecule has 0 unspecified atom stereocenters. The van der Waals surface area contributed by atoms with E-state index in [1.807, 2.05) is 24.3 Å². The minimum atomic E-state index is -0.616. The number of furan rings is 1. The molecule has 1 aliphatic rings. The number of hydrogen-bond acceptors (Lipinski definition) is 3. The molecule has 1 aromatic heterocycles. The number of nitrogens with zero attached hydrogens (tertiary/aromatic N) is 1. The third kappa shape index (κ3) is 2.07. The molecule has 5 heteroatoms. The Balaban J connectivity index is 1.92. The molecule has 3 rings (SSSR count). The number of benzene rings is 1. The topological polar surface area (TPSA) is 76.5 Å². The van der Waals surface area contributed by atoms with E-state index in [2.05, 4.69) is 0 Å². The molecule has 1 aliphatic heterocycles. The lowest BCUT2D eigenvalue weighted by atomic mass is 10.1. The fourth-order valence-corrected chi connectivity index (χ4v) is 2.57. The Morgan fingerprint density at radius 1 is 1.25 bits per heavy atom. The van der Waals surface area contributed by atoms with Crippen molar-refractivity contribution < 1.29 is 14.0 Å². The van der Waals surface area contributed by atoms with Crippen LogP contribution < -0.4 is 10.6 Å². The van der Waals surface area contributed by atoms with Gasteiger partial charge < -0.3 is 10.2 Å². The van der Waals surface area contributed by atoms with Crippen LogP contribution in [0.5, 0.6) is 0 Å². The van der Waals surface area contributed by atoms with Gasteiger partial charge in [0.1, 0.15) is 11.8 Å². The monoisotopic (exact) mass is 270 g/mol. The van der Waals surface area contributed by atoms with E-state index in [4.69, 9.17) is 10.2 Å². The quantitative estimate of drug-likeness (QED) is 0.912. The maximum absolute atomic E-state index is 12.4. The Morgan fingerprint density at radius 2 is 2.05 bits per heavy atom. The third-order valence-corrected chi connectivity index (χ3v) is 3.48. The molecular weight excluding hydrogens is 256 g/mol. The first-order valence-corrected chi connectivity index (χ1v) is 6.38. The Hall–Kier alpha value is -2.56. The third-order valence-electron chi connectivity index (χ3n) is 3.48. The molecule has 2 amide bonds. The van der Waals surface area contributed by atoms with Crippen LogP contribution in [0, 0.1) is 0 Å². The van der Waals surface area contributed by atoms with Crippen molar-refractivity contribution in [2.75, 3.05) is 4.90 Å². The molecule has 0 saturated heterocycles. The predicted octanol–water partition coefficient (Wildman–Crippen LogP) is 1.27. The lowest BCUT2D eigenvalue weighted by molar-refractivity contribution is -0.124. The highest BCUT2D eigenvalue weighted by molar-refractivity contribution is 6.03. The average molecular weight is 270 g/mol. The Kier molecular flexibility index (Phi) is 3.02. The van der Waals surface area contributed by atoms with Crippen LogP contribution in [0.2, 0.25) is 0 Å². The van der Waals surface area contributed by atoms with Crippen LogP contribution in [0.25, 0.3) is 0 Å². The summed E-state index contributed by atoms with van der Waals surface area (Å²) in [6, 6.07) is 10.3. The van der Waals surface area contributed by atoms with Gasteiger partial charge in [0.25, 0.3) is 0 Å². The molecule has 0 spiro atoms. The van der Waals surface area contributed by atoms with E-state index in [0.29, 0.717) is 12.2 Å². The normalized spacial score (nSPS) is 17.0. The van der Waals surface area contributed by atoms with Crippen molar-refractivity contribution in [2.24, 2.45) is 5.73 Å². The highest BCUT2D eigenvalue weighted by Gasteiger charge is 2.37. The van der Waals surface area contributed by atoms with E-state index < -0.39 is 11.9 Å². The standard InChI is InChI=1S/C15H14N2O3/c16-15(19)13-8-10-4-1-2-6-12(10)17(13)14(18)9-11-5-3-7-20-11/h1-7,13H,8-9H2,(H2,16,19)/t13-/m0/s1. The molecule has 5 nitrogen and oxygen atoms in total. The molecule has 2 N–H and O–H groups in total. The molecule has 20 heavy (non-hydrogen) atoms. The van der Waals surface area contributed by atoms with Gasteiger partial charge in [-0.15, -0.1) is 0 Å². The van der Waals surface area contributed by atoms with Crippen molar-refractivity contribution in [3.63, 3.8) is 0 Å². The Bertz CT molecular complexity index is 649. The van der Waals surface area contributed by atoms with Crippen molar-refractivity contribution >= 4 is 17.5 Å².